The SMILES string of the molecule is CCC(C(=O)Nc1ccsc1)C(N)=S. The van der Waals surface area contributed by atoms with E-state index in [2.05, 4.69) is 5.32 Å². The van der Waals surface area contributed by atoms with Gasteiger partial charge in [-0.15, -0.1) is 0 Å². The highest BCUT2D eigenvalue weighted by Crippen LogP contribution is 2.14. The second-order valence-corrected chi connectivity index (χ2v) is 4.12. The lowest BCUT2D eigenvalue weighted by atomic mass is 10.1. The number of amides is 1. The van der Waals surface area contributed by atoms with Crippen molar-refractivity contribution < 1.29 is 4.79 Å². The molecule has 3 nitrogen and oxygen atoms in total. The predicted molar refractivity (Wildman–Crippen MR) is 63.5 cm³/mol. The Morgan fingerprint density at radius 3 is 2.93 bits per heavy atom. The number of hydrogen-bond acceptors (Lipinski definition) is 3. The van der Waals surface area contributed by atoms with Gasteiger partial charge in [-0.25, -0.2) is 0 Å². The van der Waals surface area contributed by atoms with Crippen molar-refractivity contribution in [3.05, 3.63) is 16.8 Å². The van der Waals surface area contributed by atoms with Crippen molar-refractivity contribution in [1.29, 1.82) is 0 Å². The van der Waals surface area contributed by atoms with Crippen molar-refractivity contribution in [1.82, 2.24) is 0 Å². The lowest BCUT2D eigenvalue weighted by Gasteiger charge is -2.12. The highest BCUT2D eigenvalue weighted by molar-refractivity contribution is 7.80. The molecule has 1 amide bonds. The van der Waals surface area contributed by atoms with Gasteiger partial charge in [0.05, 0.1) is 16.6 Å². The summed E-state index contributed by atoms with van der Waals surface area (Å²) in [5.41, 5.74) is 6.25. The van der Waals surface area contributed by atoms with E-state index in [0.29, 0.717) is 6.42 Å². The summed E-state index contributed by atoms with van der Waals surface area (Å²) in [6.45, 7) is 1.89. The number of nitrogens with one attached hydrogen (secondary N) is 1. The van der Waals surface area contributed by atoms with Crippen molar-refractivity contribution >= 4 is 40.1 Å². The van der Waals surface area contributed by atoms with Gasteiger partial charge in [0, 0.05) is 5.38 Å². The Balaban J connectivity index is 2.61. The molecular weight excluding hydrogens is 216 g/mol. The number of nitrogens with two attached hydrogens (primary N) is 1. The van der Waals surface area contributed by atoms with Crippen molar-refractivity contribution in [2.24, 2.45) is 11.7 Å². The van der Waals surface area contributed by atoms with E-state index in [0.717, 1.165) is 5.69 Å². The average molecular weight is 228 g/mol. The number of hydrogen-bond donors (Lipinski definition) is 2. The summed E-state index contributed by atoms with van der Waals surface area (Å²) in [5.74, 6) is -0.497. The first-order valence-corrected chi connectivity index (χ1v) is 5.62. The fourth-order valence-corrected chi connectivity index (χ4v) is 1.94. The standard InChI is InChI=1S/C9H12N2OS2/c1-2-7(8(10)13)9(12)11-6-3-4-14-5-6/h3-5,7H,2H2,1H3,(H2,10,13)(H,11,12). The molecule has 3 N–H and O–H groups in total. The Morgan fingerprint density at radius 2 is 2.50 bits per heavy atom. The largest absolute Gasteiger partial charge is 0.393 e. The van der Waals surface area contributed by atoms with Gasteiger partial charge in [-0.1, -0.05) is 19.1 Å². The highest BCUT2D eigenvalue weighted by Gasteiger charge is 2.19. The van der Waals surface area contributed by atoms with Crippen LogP contribution in [0.25, 0.3) is 0 Å². The molecule has 1 heterocycles. The summed E-state index contributed by atoms with van der Waals surface area (Å²) in [7, 11) is 0. The quantitative estimate of drug-likeness (QED) is 0.775. The van der Waals surface area contributed by atoms with E-state index >= 15 is 0 Å². The number of thiophene rings is 1. The van der Waals surface area contributed by atoms with Crippen molar-refractivity contribution in [2.75, 3.05) is 5.32 Å². The Kier molecular flexibility index (Phi) is 4.03. The Hall–Kier alpha value is -0.940. The maximum atomic E-state index is 11.6. The molecule has 0 aromatic carbocycles. The average Bonchev–Trinajstić information content (AvgIpc) is 2.57. The molecule has 1 rings (SSSR count). The molecule has 0 aliphatic carbocycles. The molecule has 1 aromatic rings. The van der Waals surface area contributed by atoms with E-state index in [9.17, 15) is 4.79 Å². The molecule has 1 aromatic heterocycles. The minimum absolute atomic E-state index is 0.126. The Morgan fingerprint density at radius 1 is 1.79 bits per heavy atom. The topological polar surface area (TPSA) is 55.1 Å². The summed E-state index contributed by atoms with van der Waals surface area (Å²) in [5, 5.41) is 6.52. The van der Waals surface area contributed by atoms with E-state index in [1.165, 1.54) is 11.3 Å². The molecule has 0 spiro atoms. The molecule has 0 saturated carbocycles. The van der Waals surface area contributed by atoms with Gasteiger partial charge < -0.3 is 11.1 Å². The second kappa shape index (κ2) is 5.07. The van der Waals surface area contributed by atoms with Crippen LogP contribution in [-0.4, -0.2) is 10.9 Å². The van der Waals surface area contributed by atoms with Crippen LogP contribution in [0.1, 0.15) is 13.3 Å². The number of carbonyl (C=O) groups is 1. The van der Waals surface area contributed by atoms with Crippen molar-refractivity contribution in [2.45, 2.75) is 13.3 Å². The van der Waals surface area contributed by atoms with Crippen LogP contribution in [0, 0.1) is 5.92 Å². The third-order valence-electron chi connectivity index (χ3n) is 1.86. The van der Waals surface area contributed by atoms with Crippen LogP contribution < -0.4 is 11.1 Å². The van der Waals surface area contributed by atoms with E-state index in [1.54, 1.807) is 0 Å². The van der Waals surface area contributed by atoms with Gasteiger partial charge in [-0.3, -0.25) is 4.79 Å². The Bertz CT molecular complexity index is 322. The molecular formula is C9H12N2OS2. The molecule has 1 atom stereocenters. The first kappa shape index (κ1) is 11.1. The number of rotatable bonds is 4. The third kappa shape index (κ3) is 2.78. The van der Waals surface area contributed by atoms with Crippen LogP contribution in [0.4, 0.5) is 5.69 Å². The maximum Gasteiger partial charge on any atom is 0.234 e. The van der Waals surface area contributed by atoms with Gasteiger partial charge in [0.15, 0.2) is 0 Å². The molecule has 0 bridgehead atoms. The molecule has 1 unspecified atom stereocenters. The third-order valence-corrected chi connectivity index (χ3v) is 2.82. The fourth-order valence-electron chi connectivity index (χ4n) is 1.08. The zero-order valence-electron chi connectivity index (χ0n) is 7.82. The minimum Gasteiger partial charge on any atom is -0.393 e. The van der Waals surface area contributed by atoms with Gasteiger partial charge in [0.25, 0.3) is 0 Å². The number of carbonyl (C=O) groups excluding carboxylic acids is 1. The van der Waals surface area contributed by atoms with Crippen LogP contribution in [0.15, 0.2) is 16.8 Å². The highest BCUT2D eigenvalue weighted by atomic mass is 32.1. The lowest BCUT2D eigenvalue weighted by molar-refractivity contribution is -0.118. The van der Waals surface area contributed by atoms with Crippen molar-refractivity contribution in [3.63, 3.8) is 0 Å². The fraction of sp³-hybridized carbons (Fsp3) is 0.333. The van der Waals surface area contributed by atoms with Crippen LogP contribution >= 0.6 is 23.6 Å². The Labute approximate surface area is 92.3 Å². The van der Waals surface area contributed by atoms with Gasteiger partial charge in [0.2, 0.25) is 5.91 Å². The predicted octanol–water partition coefficient (Wildman–Crippen LogP) is 2.00. The normalized spacial score (nSPS) is 12.1. The van der Waals surface area contributed by atoms with Crippen LogP contribution in [0.5, 0.6) is 0 Å². The zero-order chi connectivity index (χ0) is 10.6. The molecule has 0 saturated heterocycles. The zero-order valence-corrected chi connectivity index (χ0v) is 9.45. The van der Waals surface area contributed by atoms with E-state index in [4.69, 9.17) is 18.0 Å². The molecule has 0 fully saturated rings. The van der Waals surface area contributed by atoms with Gasteiger partial charge in [-0.05, 0) is 17.9 Å². The molecule has 5 heteroatoms. The summed E-state index contributed by atoms with van der Waals surface area (Å²) < 4.78 is 0. The first-order chi connectivity index (χ1) is 6.65. The summed E-state index contributed by atoms with van der Waals surface area (Å²) in [4.78, 5) is 11.9. The summed E-state index contributed by atoms with van der Waals surface area (Å²) in [6, 6.07) is 1.84. The molecule has 76 valence electrons. The van der Waals surface area contributed by atoms with Gasteiger partial charge in [-0.2, -0.15) is 11.3 Å². The van der Waals surface area contributed by atoms with Crippen molar-refractivity contribution in [3.8, 4) is 0 Å². The van der Waals surface area contributed by atoms with Crippen LogP contribution in [-0.2, 0) is 4.79 Å². The second-order valence-electron chi connectivity index (χ2n) is 2.86. The molecule has 0 aliphatic rings. The molecule has 14 heavy (non-hydrogen) atoms. The van der Waals surface area contributed by atoms with Gasteiger partial charge >= 0.3 is 0 Å². The van der Waals surface area contributed by atoms with Gasteiger partial charge in [0.1, 0.15) is 0 Å². The lowest BCUT2D eigenvalue weighted by Crippen LogP contribution is -2.32. The first-order valence-electron chi connectivity index (χ1n) is 4.27. The number of thiocarbonyl (C=S) groups is 1. The molecule has 0 aliphatic heterocycles. The monoisotopic (exact) mass is 228 g/mol. The van der Waals surface area contributed by atoms with E-state index < -0.39 is 0 Å². The minimum atomic E-state index is -0.370. The molecule has 0 radical (unpaired) electrons. The summed E-state index contributed by atoms with van der Waals surface area (Å²) >= 11 is 6.34. The number of anilines is 1. The smallest absolute Gasteiger partial charge is 0.234 e. The van der Waals surface area contributed by atoms with Crippen LogP contribution in [0.3, 0.4) is 0 Å². The van der Waals surface area contributed by atoms with Crippen LogP contribution in [0.2, 0.25) is 0 Å². The summed E-state index contributed by atoms with van der Waals surface area (Å²) in [6.07, 6.45) is 0.630. The maximum absolute atomic E-state index is 11.6. The van der Waals surface area contributed by atoms with E-state index in [-0.39, 0.29) is 16.8 Å². The van der Waals surface area contributed by atoms with E-state index in [1.807, 2.05) is 23.8 Å².